The molecule has 0 atom stereocenters. The third-order valence-corrected chi connectivity index (χ3v) is 5.27. The maximum atomic E-state index is 12.9. The average Bonchev–Trinajstić information content (AvgIpc) is 2.84. The molecule has 162 valence electrons. The van der Waals surface area contributed by atoms with Crippen molar-refractivity contribution in [3.8, 4) is 0 Å². The van der Waals surface area contributed by atoms with Crippen LogP contribution in [0.2, 0.25) is 0 Å². The number of amides is 2. The van der Waals surface area contributed by atoms with E-state index in [1.807, 2.05) is 55.5 Å². The van der Waals surface area contributed by atoms with Crippen molar-refractivity contribution in [2.75, 3.05) is 23.1 Å². The molecule has 0 fully saturated rings. The number of para-hydroxylation sites is 1. The van der Waals surface area contributed by atoms with Crippen LogP contribution in [0.4, 0.5) is 11.4 Å². The van der Waals surface area contributed by atoms with Gasteiger partial charge in [0.1, 0.15) is 5.71 Å². The zero-order valence-electron chi connectivity index (χ0n) is 17.7. The molecule has 0 N–H and O–H groups in total. The minimum Gasteiger partial charge on any atom is -0.451 e. The SMILES string of the molecule is CCN(C(=O)COC(=O)C1=NN(c2ccccc2)C(=O)CC1)c1cccc2ccccc12. The Labute approximate surface area is 185 Å². The van der Waals surface area contributed by atoms with E-state index in [0.29, 0.717) is 12.2 Å². The zero-order valence-corrected chi connectivity index (χ0v) is 17.7. The third-order valence-electron chi connectivity index (χ3n) is 5.27. The maximum Gasteiger partial charge on any atom is 0.355 e. The average molecular weight is 429 g/mol. The Hall–Kier alpha value is -4.00. The van der Waals surface area contributed by atoms with Gasteiger partial charge >= 0.3 is 5.97 Å². The first-order chi connectivity index (χ1) is 15.6. The van der Waals surface area contributed by atoms with Crippen molar-refractivity contribution in [3.63, 3.8) is 0 Å². The van der Waals surface area contributed by atoms with Crippen LogP contribution in [0.25, 0.3) is 10.8 Å². The van der Waals surface area contributed by atoms with Gasteiger partial charge in [0.2, 0.25) is 5.91 Å². The Kier molecular flexibility index (Phi) is 6.26. The van der Waals surface area contributed by atoms with Crippen LogP contribution in [0.3, 0.4) is 0 Å². The lowest BCUT2D eigenvalue weighted by Crippen LogP contribution is -2.38. The lowest BCUT2D eigenvalue weighted by atomic mass is 10.1. The lowest BCUT2D eigenvalue weighted by Gasteiger charge is -2.24. The molecular weight excluding hydrogens is 406 g/mol. The first-order valence-electron chi connectivity index (χ1n) is 10.5. The Balaban J connectivity index is 1.47. The summed E-state index contributed by atoms with van der Waals surface area (Å²) in [6.45, 7) is 1.89. The van der Waals surface area contributed by atoms with Crippen LogP contribution in [-0.4, -0.2) is 36.6 Å². The van der Waals surface area contributed by atoms with Crippen molar-refractivity contribution in [3.05, 3.63) is 72.8 Å². The second kappa shape index (κ2) is 9.43. The van der Waals surface area contributed by atoms with E-state index >= 15 is 0 Å². The molecule has 3 aromatic rings. The summed E-state index contributed by atoms with van der Waals surface area (Å²) in [7, 11) is 0. The molecule has 0 spiro atoms. The van der Waals surface area contributed by atoms with Crippen molar-refractivity contribution in [2.45, 2.75) is 19.8 Å². The minimum atomic E-state index is -0.694. The number of esters is 1. The Morgan fingerprint density at radius 1 is 0.969 bits per heavy atom. The Morgan fingerprint density at radius 3 is 2.47 bits per heavy atom. The predicted molar refractivity (Wildman–Crippen MR) is 124 cm³/mol. The lowest BCUT2D eigenvalue weighted by molar-refractivity contribution is -0.141. The van der Waals surface area contributed by atoms with Crippen molar-refractivity contribution in [1.82, 2.24) is 0 Å². The molecule has 2 amide bonds. The second-order valence-corrected chi connectivity index (χ2v) is 7.30. The van der Waals surface area contributed by atoms with Gasteiger partial charge in [0.05, 0.1) is 11.4 Å². The molecule has 0 aliphatic carbocycles. The smallest absolute Gasteiger partial charge is 0.355 e. The van der Waals surface area contributed by atoms with E-state index in [0.717, 1.165) is 16.5 Å². The number of likely N-dealkylation sites (N-methyl/N-ethyl adjacent to an activating group) is 1. The number of ether oxygens (including phenoxy) is 1. The van der Waals surface area contributed by atoms with Crippen LogP contribution >= 0.6 is 0 Å². The molecular formula is C25H23N3O4. The number of hydrogen-bond acceptors (Lipinski definition) is 5. The van der Waals surface area contributed by atoms with E-state index in [1.54, 1.807) is 29.2 Å². The molecule has 7 heteroatoms. The van der Waals surface area contributed by atoms with E-state index < -0.39 is 12.6 Å². The molecule has 3 aromatic carbocycles. The number of benzene rings is 3. The number of hydrogen-bond donors (Lipinski definition) is 0. The number of carbonyl (C=O) groups is 3. The highest BCUT2D eigenvalue weighted by Gasteiger charge is 2.27. The molecule has 1 heterocycles. The van der Waals surface area contributed by atoms with E-state index in [1.165, 1.54) is 5.01 Å². The van der Waals surface area contributed by atoms with Crippen molar-refractivity contribution in [2.24, 2.45) is 5.10 Å². The van der Waals surface area contributed by atoms with Crippen molar-refractivity contribution >= 4 is 45.6 Å². The summed E-state index contributed by atoms with van der Waals surface area (Å²) in [5.74, 6) is -1.22. The summed E-state index contributed by atoms with van der Waals surface area (Å²) in [5, 5.41) is 7.35. The van der Waals surface area contributed by atoms with Gasteiger partial charge in [0.25, 0.3) is 5.91 Å². The monoisotopic (exact) mass is 429 g/mol. The van der Waals surface area contributed by atoms with Gasteiger partial charge in [-0.1, -0.05) is 54.6 Å². The standard InChI is InChI=1S/C25H23N3O4/c1-2-27(22-14-8-10-18-9-6-7-13-20(18)22)24(30)17-32-25(31)21-15-16-23(29)28(26-21)19-11-4-3-5-12-19/h3-14H,2,15-17H2,1H3. The minimum absolute atomic E-state index is 0.120. The number of rotatable bonds is 6. The molecule has 1 aliphatic heterocycles. The van der Waals surface area contributed by atoms with Gasteiger partial charge in [-0.05, 0) is 30.5 Å². The summed E-state index contributed by atoms with van der Waals surface area (Å²) in [6, 6.07) is 22.4. The molecule has 1 aliphatic rings. The van der Waals surface area contributed by atoms with Crippen LogP contribution < -0.4 is 9.91 Å². The summed E-state index contributed by atoms with van der Waals surface area (Å²) in [4.78, 5) is 39.3. The van der Waals surface area contributed by atoms with Crippen LogP contribution in [0.1, 0.15) is 19.8 Å². The largest absolute Gasteiger partial charge is 0.451 e. The van der Waals surface area contributed by atoms with Gasteiger partial charge in [-0.3, -0.25) is 9.59 Å². The van der Waals surface area contributed by atoms with Crippen molar-refractivity contribution in [1.29, 1.82) is 0 Å². The van der Waals surface area contributed by atoms with Gasteiger partial charge in [-0.2, -0.15) is 5.10 Å². The fourth-order valence-corrected chi connectivity index (χ4v) is 3.68. The predicted octanol–water partition coefficient (Wildman–Crippen LogP) is 3.92. The van der Waals surface area contributed by atoms with Crippen LogP contribution in [0.5, 0.6) is 0 Å². The number of carbonyl (C=O) groups excluding carboxylic acids is 3. The van der Waals surface area contributed by atoms with Crippen molar-refractivity contribution < 1.29 is 19.1 Å². The van der Waals surface area contributed by atoms with Gasteiger partial charge < -0.3 is 9.64 Å². The van der Waals surface area contributed by atoms with Gasteiger partial charge in [0, 0.05) is 24.8 Å². The summed E-state index contributed by atoms with van der Waals surface area (Å²) >= 11 is 0. The molecule has 0 unspecified atom stereocenters. The molecule has 0 bridgehead atoms. The Morgan fingerprint density at radius 2 is 1.69 bits per heavy atom. The molecule has 0 saturated carbocycles. The first kappa shape index (κ1) is 21.2. The van der Waals surface area contributed by atoms with E-state index in [9.17, 15) is 14.4 Å². The van der Waals surface area contributed by atoms with E-state index in [-0.39, 0.29) is 30.4 Å². The fourth-order valence-electron chi connectivity index (χ4n) is 3.68. The number of anilines is 2. The van der Waals surface area contributed by atoms with E-state index in [4.69, 9.17) is 4.74 Å². The van der Waals surface area contributed by atoms with Gasteiger partial charge in [-0.25, -0.2) is 9.80 Å². The number of hydrazone groups is 1. The molecule has 32 heavy (non-hydrogen) atoms. The molecule has 7 nitrogen and oxygen atoms in total. The Bertz CT molecular complexity index is 1180. The summed E-state index contributed by atoms with van der Waals surface area (Å²) < 4.78 is 5.28. The third kappa shape index (κ3) is 4.37. The normalized spacial score (nSPS) is 13.6. The van der Waals surface area contributed by atoms with Gasteiger partial charge in [-0.15, -0.1) is 0 Å². The van der Waals surface area contributed by atoms with Crippen LogP contribution in [0, 0.1) is 0 Å². The molecule has 0 saturated heterocycles. The molecule has 4 rings (SSSR count). The summed E-state index contributed by atoms with van der Waals surface area (Å²) in [5.41, 5.74) is 1.46. The highest BCUT2D eigenvalue weighted by Crippen LogP contribution is 2.27. The molecule has 0 radical (unpaired) electrons. The number of fused-ring (bicyclic) bond motifs is 1. The first-order valence-corrected chi connectivity index (χ1v) is 10.5. The van der Waals surface area contributed by atoms with E-state index in [2.05, 4.69) is 5.10 Å². The highest BCUT2D eigenvalue weighted by molar-refractivity contribution is 6.38. The van der Waals surface area contributed by atoms with Crippen LogP contribution in [-0.2, 0) is 19.1 Å². The highest BCUT2D eigenvalue weighted by atomic mass is 16.5. The zero-order chi connectivity index (χ0) is 22.5. The number of nitrogens with zero attached hydrogens (tertiary/aromatic N) is 3. The fraction of sp³-hybridized carbons (Fsp3) is 0.200. The topological polar surface area (TPSA) is 79.3 Å². The second-order valence-electron chi connectivity index (χ2n) is 7.30. The quantitative estimate of drug-likeness (QED) is 0.557. The maximum absolute atomic E-state index is 12.9. The van der Waals surface area contributed by atoms with Gasteiger partial charge in [0.15, 0.2) is 6.61 Å². The van der Waals surface area contributed by atoms with Crippen LogP contribution in [0.15, 0.2) is 77.9 Å². The summed E-state index contributed by atoms with van der Waals surface area (Å²) in [6.07, 6.45) is 0.323. The molecule has 0 aromatic heterocycles.